The summed E-state index contributed by atoms with van der Waals surface area (Å²) in [5.41, 5.74) is 0.987. The molecule has 1 aliphatic rings. The lowest BCUT2D eigenvalue weighted by molar-refractivity contribution is 0.465. The molecule has 25 heavy (non-hydrogen) atoms. The molecule has 0 unspecified atom stereocenters. The van der Waals surface area contributed by atoms with Crippen LogP contribution < -0.4 is 9.62 Å². The number of nitrogens with one attached hydrogen (secondary N) is 1. The minimum Gasteiger partial charge on any atom is -0.346 e. The second kappa shape index (κ2) is 6.70. The molecular weight excluding hydrogens is 356 g/mol. The Kier molecular flexibility index (Phi) is 4.41. The van der Waals surface area contributed by atoms with Crippen LogP contribution in [0, 0.1) is 0 Å². The Morgan fingerprint density at radius 1 is 1.20 bits per heavy atom. The number of rotatable bonds is 4. The van der Waals surface area contributed by atoms with E-state index in [2.05, 4.69) is 25.7 Å². The topological polar surface area (TPSA) is 75.2 Å². The first-order valence-electron chi connectivity index (χ1n) is 8.15. The van der Waals surface area contributed by atoms with Gasteiger partial charge in [-0.25, -0.2) is 18.1 Å². The summed E-state index contributed by atoms with van der Waals surface area (Å²) in [7, 11) is -3.55. The number of fused-ring (bicyclic) bond motifs is 1. The molecule has 4 rings (SSSR count). The minimum absolute atomic E-state index is 0.133. The predicted molar refractivity (Wildman–Crippen MR) is 99.4 cm³/mol. The summed E-state index contributed by atoms with van der Waals surface area (Å²) >= 11 is 1.65. The normalized spacial score (nSPS) is 18.6. The molecule has 1 fully saturated rings. The van der Waals surface area contributed by atoms with Crippen LogP contribution in [0.15, 0.2) is 53.7 Å². The van der Waals surface area contributed by atoms with E-state index in [1.807, 2.05) is 18.2 Å². The molecule has 1 atom stereocenters. The summed E-state index contributed by atoms with van der Waals surface area (Å²) < 4.78 is 29.0. The van der Waals surface area contributed by atoms with E-state index in [9.17, 15) is 8.42 Å². The fourth-order valence-corrected chi connectivity index (χ4v) is 5.26. The van der Waals surface area contributed by atoms with Crippen LogP contribution in [-0.2, 0) is 10.0 Å². The van der Waals surface area contributed by atoms with Crippen LogP contribution in [0.4, 0.5) is 5.13 Å². The van der Waals surface area contributed by atoms with Crippen LogP contribution in [0.25, 0.3) is 10.2 Å². The summed E-state index contributed by atoms with van der Waals surface area (Å²) in [5, 5.41) is 0.950. The maximum atomic E-state index is 12.5. The number of piperidine rings is 1. The van der Waals surface area contributed by atoms with Gasteiger partial charge in [-0.1, -0.05) is 23.5 Å². The summed E-state index contributed by atoms with van der Waals surface area (Å²) in [6, 6.07) is 11.1. The van der Waals surface area contributed by atoms with Crippen LogP contribution in [0.5, 0.6) is 0 Å². The molecule has 6 nitrogen and oxygen atoms in total. The Morgan fingerprint density at radius 3 is 2.88 bits per heavy atom. The Balaban J connectivity index is 1.51. The summed E-state index contributed by atoms with van der Waals surface area (Å²) in [5.74, 6) is 0. The van der Waals surface area contributed by atoms with E-state index in [-0.39, 0.29) is 10.9 Å². The third kappa shape index (κ3) is 3.51. The first kappa shape index (κ1) is 16.4. The highest BCUT2D eigenvalue weighted by atomic mass is 32.2. The average molecular weight is 374 g/mol. The molecule has 130 valence electrons. The Bertz CT molecular complexity index is 939. The Morgan fingerprint density at radius 2 is 2.08 bits per heavy atom. The van der Waals surface area contributed by atoms with E-state index in [0.717, 1.165) is 34.7 Å². The van der Waals surface area contributed by atoms with E-state index in [1.54, 1.807) is 29.7 Å². The van der Waals surface area contributed by atoms with Crippen molar-refractivity contribution < 1.29 is 8.42 Å². The van der Waals surface area contributed by atoms with Crippen LogP contribution in [0.2, 0.25) is 0 Å². The third-order valence-electron chi connectivity index (χ3n) is 4.24. The fraction of sp³-hybridized carbons (Fsp3) is 0.294. The Labute approximate surface area is 150 Å². The molecule has 0 aliphatic carbocycles. The van der Waals surface area contributed by atoms with Crippen LogP contribution >= 0.6 is 11.3 Å². The van der Waals surface area contributed by atoms with Gasteiger partial charge in [-0.15, -0.1) is 0 Å². The highest BCUT2D eigenvalue weighted by molar-refractivity contribution is 7.89. The number of thiazole rings is 1. The predicted octanol–water partition coefficient (Wildman–Crippen LogP) is 2.64. The molecule has 0 bridgehead atoms. The molecular formula is C17H18N4O2S2. The molecule has 0 radical (unpaired) electrons. The van der Waals surface area contributed by atoms with E-state index in [1.165, 1.54) is 6.20 Å². The number of para-hydroxylation sites is 1. The monoisotopic (exact) mass is 374 g/mol. The molecule has 0 spiro atoms. The number of benzene rings is 1. The van der Waals surface area contributed by atoms with Gasteiger partial charge in [0.1, 0.15) is 4.90 Å². The van der Waals surface area contributed by atoms with E-state index >= 15 is 0 Å². The molecule has 0 amide bonds. The maximum Gasteiger partial charge on any atom is 0.242 e. The van der Waals surface area contributed by atoms with Crippen molar-refractivity contribution in [3.63, 3.8) is 0 Å². The van der Waals surface area contributed by atoms with Gasteiger partial charge in [0.05, 0.1) is 10.2 Å². The molecule has 0 saturated carbocycles. The quantitative estimate of drug-likeness (QED) is 0.760. The molecule has 1 N–H and O–H groups in total. The number of hydrogen-bond donors (Lipinski definition) is 1. The van der Waals surface area contributed by atoms with Crippen molar-refractivity contribution in [2.45, 2.75) is 23.8 Å². The minimum atomic E-state index is -3.55. The standard InChI is InChI=1S/C17H18N4O2S2/c22-25(23,14-6-3-9-18-11-14)20-13-5-4-10-21(12-13)17-19-15-7-1-2-8-16(15)24-17/h1-3,6-9,11,13,20H,4-5,10,12H2/t13-/m1/s1. The fourth-order valence-electron chi connectivity index (χ4n) is 3.04. The van der Waals surface area contributed by atoms with Crippen molar-refractivity contribution in [1.82, 2.24) is 14.7 Å². The van der Waals surface area contributed by atoms with Crippen molar-refractivity contribution in [1.29, 1.82) is 0 Å². The van der Waals surface area contributed by atoms with Crippen molar-refractivity contribution in [2.24, 2.45) is 0 Å². The lowest BCUT2D eigenvalue weighted by Crippen LogP contribution is -2.47. The van der Waals surface area contributed by atoms with Gasteiger partial charge in [0, 0.05) is 31.5 Å². The van der Waals surface area contributed by atoms with Gasteiger partial charge in [-0.05, 0) is 37.1 Å². The van der Waals surface area contributed by atoms with Gasteiger partial charge in [0.2, 0.25) is 10.0 Å². The zero-order valence-electron chi connectivity index (χ0n) is 13.5. The van der Waals surface area contributed by atoms with Gasteiger partial charge in [-0.2, -0.15) is 0 Å². The molecule has 3 aromatic rings. The molecule has 1 aliphatic heterocycles. The number of hydrogen-bond acceptors (Lipinski definition) is 6. The zero-order valence-corrected chi connectivity index (χ0v) is 15.1. The number of nitrogens with zero attached hydrogens (tertiary/aromatic N) is 3. The number of aromatic nitrogens is 2. The number of sulfonamides is 1. The zero-order chi connectivity index (χ0) is 17.3. The molecule has 1 aromatic carbocycles. The largest absolute Gasteiger partial charge is 0.346 e. The third-order valence-corrected chi connectivity index (χ3v) is 6.84. The summed E-state index contributed by atoms with van der Waals surface area (Å²) in [6.45, 7) is 1.52. The highest BCUT2D eigenvalue weighted by Crippen LogP contribution is 2.30. The summed E-state index contributed by atoms with van der Waals surface area (Å²) in [6.07, 6.45) is 4.68. The van der Waals surface area contributed by atoms with Crippen molar-refractivity contribution in [2.75, 3.05) is 18.0 Å². The van der Waals surface area contributed by atoms with Crippen LogP contribution in [-0.4, -0.2) is 37.5 Å². The van der Waals surface area contributed by atoms with Gasteiger partial charge in [0.25, 0.3) is 0 Å². The van der Waals surface area contributed by atoms with Crippen molar-refractivity contribution >= 4 is 36.7 Å². The van der Waals surface area contributed by atoms with E-state index in [4.69, 9.17) is 0 Å². The average Bonchev–Trinajstić information content (AvgIpc) is 3.07. The van der Waals surface area contributed by atoms with Crippen LogP contribution in [0.3, 0.4) is 0 Å². The molecule has 1 saturated heterocycles. The smallest absolute Gasteiger partial charge is 0.242 e. The van der Waals surface area contributed by atoms with Crippen LogP contribution in [0.1, 0.15) is 12.8 Å². The lowest BCUT2D eigenvalue weighted by atomic mass is 10.1. The second-order valence-electron chi connectivity index (χ2n) is 6.06. The molecule has 3 heterocycles. The number of anilines is 1. The second-order valence-corrected chi connectivity index (χ2v) is 8.78. The lowest BCUT2D eigenvalue weighted by Gasteiger charge is -2.32. The molecule has 2 aromatic heterocycles. The van der Waals surface area contributed by atoms with Gasteiger partial charge < -0.3 is 4.90 Å². The maximum absolute atomic E-state index is 12.5. The van der Waals surface area contributed by atoms with E-state index in [0.29, 0.717) is 6.54 Å². The highest BCUT2D eigenvalue weighted by Gasteiger charge is 2.26. The van der Waals surface area contributed by atoms with Crippen molar-refractivity contribution in [3.05, 3.63) is 48.8 Å². The number of pyridine rings is 1. The Hall–Kier alpha value is -2.03. The van der Waals surface area contributed by atoms with Crippen molar-refractivity contribution in [3.8, 4) is 0 Å². The van der Waals surface area contributed by atoms with Gasteiger partial charge >= 0.3 is 0 Å². The molecule has 8 heteroatoms. The van der Waals surface area contributed by atoms with Gasteiger partial charge in [0.15, 0.2) is 5.13 Å². The first-order chi connectivity index (χ1) is 12.1. The van der Waals surface area contributed by atoms with E-state index < -0.39 is 10.0 Å². The first-order valence-corrected chi connectivity index (χ1v) is 10.4. The van der Waals surface area contributed by atoms with Gasteiger partial charge in [-0.3, -0.25) is 4.98 Å². The summed E-state index contributed by atoms with van der Waals surface area (Å²) in [4.78, 5) is 10.9. The SMILES string of the molecule is O=S(=O)(N[C@@H]1CCCN(c2nc3ccccc3s2)C1)c1cccnc1.